The maximum absolute atomic E-state index is 12.1. The van der Waals surface area contributed by atoms with Crippen LogP contribution in [-0.4, -0.2) is 16.1 Å². The van der Waals surface area contributed by atoms with Gasteiger partial charge in [0, 0.05) is 11.9 Å². The highest BCUT2D eigenvalue weighted by Gasteiger charge is 2.15. The first kappa shape index (κ1) is 16.1. The van der Waals surface area contributed by atoms with Crippen molar-refractivity contribution >= 4 is 46.7 Å². The molecule has 1 aromatic heterocycles. The lowest BCUT2D eigenvalue weighted by atomic mass is 10.2. The summed E-state index contributed by atoms with van der Waals surface area (Å²) in [4.78, 5) is 16.1. The molecule has 0 aliphatic rings. The number of hydrogen-bond acceptors (Lipinski definition) is 3. The van der Waals surface area contributed by atoms with Gasteiger partial charge < -0.3 is 5.32 Å². The molecule has 0 saturated carbocycles. The van der Waals surface area contributed by atoms with Gasteiger partial charge in [-0.2, -0.15) is 0 Å². The molecule has 1 atom stereocenters. The molecule has 0 bridgehead atoms. The quantitative estimate of drug-likeness (QED) is 0.861. The third-order valence-corrected chi connectivity index (χ3v) is 4.47. The topological polar surface area (TPSA) is 42.0 Å². The largest absolute Gasteiger partial charge is 0.308 e. The van der Waals surface area contributed by atoms with Gasteiger partial charge in [-0.05, 0) is 18.6 Å². The Hall–Kier alpha value is -1.23. The number of carbonyl (C=O) groups is 1. The van der Waals surface area contributed by atoms with Crippen molar-refractivity contribution < 1.29 is 4.79 Å². The van der Waals surface area contributed by atoms with Crippen molar-refractivity contribution in [3.63, 3.8) is 0 Å². The third kappa shape index (κ3) is 4.92. The molecule has 2 aromatic rings. The fourth-order valence-electron chi connectivity index (χ4n) is 1.60. The summed E-state index contributed by atoms with van der Waals surface area (Å²) in [5, 5.41) is 3.27. The minimum atomic E-state index is -0.209. The van der Waals surface area contributed by atoms with Crippen LogP contribution >= 0.6 is 35.0 Å². The molecule has 1 amide bonds. The van der Waals surface area contributed by atoms with Crippen molar-refractivity contribution in [1.82, 2.24) is 4.98 Å². The SMILES string of the molecule is C[C@H](SCc1ccccc1)C(=O)Nc1ncc(Cl)cc1Cl. The van der Waals surface area contributed by atoms with Crippen LogP contribution < -0.4 is 5.32 Å². The number of hydrogen-bond donors (Lipinski definition) is 1. The van der Waals surface area contributed by atoms with Gasteiger partial charge in [-0.1, -0.05) is 53.5 Å². The zero-order valence-corrected chi connectivity index (χ0v) is 13.7. The lowest BCUT2D eigenvalue weighted by molar-refractivity contribution is -0.115. The normalized spacial score (nSPS) is 12.0. The van der Waals surface area contributed by atoms with Crippen molar-refractivity contribution in [1.29, 1.82) is 0 Å². The predicted molar refractivity (Wildman–Crippen MR) is 90.1 cm³/mol. The molecule has 0 aliphatic heterocycles. The minimum absolute atomic E-state index is 0.132. The zero-order valence-electron chi connectivity index (χ0n) is 11.3. The first-order valence-electron chi connectivity index (χ1n) is 6.33. The molecule has 3 nitrogen and oxygen atoms in total. The van der Waals surface area contributed by atoms with Gasteiger partial charge >= 0.3 is 0 Å². The van der Waals surface area contributed by atoms with E-state index in [1.165, 1.54) is 11.8 Å². The first-order chi connectivity index (χ1) is 10.1. The van der Waals surface area contributed by atoms with Crippen molar-refractivity contribution in [3.05, 3.63) is 58.2 Å². The number of carbonyl (C=O) groups excluding carboxylic acids is 1. The van der Waals surface area contributed by atoms with Gasteiger partial charge in [0.15, 0.2) is 5.82 Å². The molecule has 0 saturated heterocycles. The van der Waals surface area contributed by atoms with E-state index in [2.05, 4.69) is 10.3 Å². The van der Waals surface area contributed by atoms with Crippen LogP contribution in [-0.2, 0) is 10.5 Å². The summed E-state index contributed by atoms with van der Waals surface area (Å²) in [7, 11) is 0. The molecular formula is C15H14Cl2N2OS. The zero-order chi connectivity index (χ0) is 15.2. The van der Waals surface area contributed by atoms with Crippen LogP contribution in [0, 0.1) is 0 Å². The summed E-state index contributed by atoms with van der Waals surface area (Å²) in [5.41, 5.74) is 1.19. The van der Waals surface area contributed by atoms with Gasteiger partial charge in [-0.15, -0.1) is 11.8 Å². The van der Waals surface area contributed by atoms with Crippen LogP contribution in [0.4, 0.5) is 5.82 Å². The molecule has 6 heteroatoms. The Morgan fingerprint density at radius 1 is 1.33 bits per heavy atom. The van der Waals surface area contributed by atoms with E-state index in [0.717, 1.165) is 5.75 Å². The average Bonchev–Trinajstić information content (AvgIpc) is 2.48. The second-order valence-electron chi connectivity index (χ2n) is 4.41. The minimum Gasteiger partial charge on any atom is -0.308 e. The second kappa shape index (κ2) is 7.69. The highest BCUT2D eigenvalue weighted by molar-refractivity contribution is 7.99. The first-order valence-corrected chi connectivity index (χ1v) is 8.14. The van der Waals surface area contributed by atoms with Gasteiger partial charge in [-0.3, -0.25) is 4.79 Å². The molecule has 21 heavy (non-hydrogen) atoms. The van der Waals surface area contributed by atoms with Crippen LogP contribution in [0.2, 0.25) is 10.0 Å². The maximum atomic E-state index is 12.1. The number of rotatable bonds is 5. The van der Waals surface area contributed by atoms with Crippen LogP contribution in [0.5, 0.6) is 0 Å². The average molecular weight is 341 g/mol. The standard InChI is InChI=1S/C15H14Cl2N2OS/c1-10(21-9-11-5-3-2-4-6-11)15(20)19-14-13(17)7-12(16)8-18-14/h2-8,10H,9H2,1H3,(H,18,19,20)/t10-/m0/s1. The van der Waals surface area contributed by atoms with E-state index >= 15 is 0 Å². The number of halogens is 2. The Morgan fingerprint density at radius 3 is 2.71 bits per heavy atom. The van der Waals surface area contributed by atoms with E-state index in [0.29, 0.717) is 15.9 Å². The Balaban J connectivity index is 1.90. The number of amides is 1. The molecule has 1 aromatic carbocycles. The predicted octanol–water partition coefficient (Wildman–Crippen LogP) is 4.65. The molecule has 1 N–H and O–H groups in total. The van der Waals surface area contributed by atoms with Gasteiger partial charge in [0.1, 0.15) is 0 Å². The molecule has 0 radical (unpaired) electrons. The summed E-state index contributed by atoms with van der Waals surface area (Å²) >= 11 is 13.3. The fourth-order valence-corrected chi connectivity index (χ4v) is 2.87. The Labute approximate surface area is 138 Å². The van der Waals surface area contributed by atoms with Crippen molar-refractivity contribution in [3.8, 4) is 0 Å². The second-order valence-corrected chi connectivity index (χ2v) is 6.58. The van der Waals surface area contributed by atoms with E-state index in [-0.39, 0.29) is 11.2 Å². The number of benzene rings is 1. The van der Waals surface area contributed by atoms with Crippen LogP contribution in [0.1, 0.15) is 12.5 Å². The molecule has 0 fully saturated rings. The molecule has 110 valence electrons. The van der Waals surface area contributed by atoms with E-state index in [1.807, 2.05) is 37.3 Å². The fraction of sp³-hybridized carbons (Fsp3) is 0.200. The maximum Gasteiger partial charge on any atom is 0.238 e. The number of pyridine rings is 1. The smallest absolute Gasteiger partial charge is 0.238 e. The molecule has 0 aliphatic carbocycles. The number of nitrogens with zero attached hydrogens (tertiary/aromatic N) is 1. The highest BCUT2D eigenvalue weighted by Crippen LogP contribution is 2.24. The lowest BCUT2D eigenvalue weighted by Gasteiger charge is -2.12. The van der Waals surface area contributed by atoms with Crippen LogP contribution in [0.3, 0.4) is 0 Å². The van der Waals surface area contributed by atoms with Gasteiger partial charge in [-0.25, -0.2) is 4.98 Å². The van der Waals surface area contributed by atoms with Gasteiger partial charge in [0.2, 0.25) is 5.91 Å². The van der Waals surface area contributed by atoms with Gasteiger partial charge in [0.25, 0.3) is 0 Å². The molecule has 1 heterocycles. The lowest BCUT2D eigenvalue weighted by Crippen LogP contribution is -2.23. The van der Waals surface area contributed by atoms with E-state index < -0.39 is 0 Å². The van der Waals surface area contributed by atoms with E-state index in [4.69, 9.17) is 23.2 Å². The Bertz CT molecular complexity index is 622. The summed E-state index contributed by atoms with van der Waals surface area (Å²) in [6.07, 6.45) is 1.45. The number of thioether (sulfide) groups is 1. The van der Waals surface area contributed by atoms with Crippen molar-refractivity contribution in [2.75, 3.05) is 5.32 Å². The van der Waals surface area contributed by atoms with Crippen LogP contribution in [0.25, 0.3) is 0 Å². The summed E-state index contributed by atoms with van der Waals surface area (Å²) < 4.78 is 0. The molecule has 2 rings (SSSR count). The van der Waals surface area contributed by atoms with E-state index in [9.17, 15) is 4.79 Å². The van der Waals surface area contributed by atoms with E-state index in [1.54, 1.807) is 17.8 Å². The summed E-state index contributed by atoms with van der Waals surface area (Å²) in [6.45, 7) is 1.85. The molecule has 0 unspecified atom stereocenters. The number of aromatic nitrogens is 1. The monoisotopic (exact) mass is 340 g/mol. The van der Waals surface area contributed by atoms with Crippen LogP contribution in [0.15, 0.2) is 42.6 Å². The van der Waals surface area contributed by atoms with Gasteiger partial charge in [0.05, 0.1) is 15.3 Å². The summed E-state index contributed by atoms with van der Waals surface area (Å²) in [6, 6.07) is 11.6. The molecular weight excluding hydrogens is 327 g/mol. The summed E-state index contributed by atoms with van der Waals surface area (Å²) in [5.74, 6) is 0.975. The van der Waals surface area contributed by atoms with Crippen molar-refractivity contribution in [2.24, 2.45) is 0 Å². The number of nitrogens with one attached hydrogen (secondary N) is 1. The molecule has 0 spiro atoms. The third-order valence-electron chi connectivity index (χ3n) is 2.76. The highest BCUT2D eigenvalue weighted by atomic mass is 35.5. The number of anilines is 1. The van der Waals surface area contributed by atoms with Crippen molar-refractivity contribution in [2.45, 2.75) is 17.9 Å². The Morgan fingerprint density at radius 2 is 2.05 bits per heavy atom. The Kier molecular flexibility index (Phi) is 5.91.